The molecule has 4 aromatic rings. The van der Waals surface area contributed by atoms with Crippen LogP contribution in [0.1, 0.15) is 77.1 Å². The highest BCUT2D eigenvalue weighted by atomic mass is 35.5. The lowest BCUT2D eigenvalue weighted by atomic mass is 9.75. The maximum Gasteiger partial charge on any atom is 0.264 e. The Bertz CT molecular complexity index is 1680. The van der Waals surface area contributed by atoms with Crippen molar-refractivity contribution in [1.82, 2.24) is 19.8 Å². The first-order chi connectivity index (χ1) is 21.8. The number of anilines is 1. The van der Waals surface area contributed by atoms with E-state index in [4.69, 9.17) is 11.6 Å². The van der Waals surface area contributed by atoms with Crippen molar-refractivity contribution in [2.75, 3.05) is 31.1 Å². The molecule has 232 valence electrons. The predicted octanol–water partition coefficient (Wildman–Crippen LogP) is 6.66. The molecule has 45 heavy (non-hydrogen) atoms. The Morgan fingerprint density at radius 2 is 1.71 bits per heavy atom. The third-order valence-corrected chi connectivity index (χ3v) is 10.4. The van der Waals surface area contributed by atoms with Crippen LogP contribution in [-0.2, 0) is 11.3 Å². The summed E-state index contributed by atoms with van der Waals surface area (Å²) in [5, 5.41) is 12.6. The van der Waals surface area contributed by atoms with E-state index in [2.05, 4.69) is 57.0 Å². The number of amides is 2. The number of thiophene rings is 1. The van der Waals surface area contributed by atoms with Crippen LogP contribution >= 0.6 is 22.9 Å². The van der Waals surface area contributed by atoms with E-state index >= 15 is 0 Å². The molecule has 1 saturated heterocycles. The van der Waals surface area contributed by atoms with E-state index in [1.165, 1.54) is 17.8 Å². The lowest BCUT2D eigenvalue weighted by molar-refractivity contribution is -0.132. The highest BCUT2D eigenvalue weighted by Crippen LogP contribution is 2.37. The van der Waals surface area contributed by atoms with E-state index < -0.39 is 0 Å². The van der Waals surface area contributed by atoms with E-state index in [0.717, 1.165) is 61.3 Å². The van der Waals surface area contributed by atoms with Gasteiger partial charge in [0, 0.05) is 43.8 Å². The monoisotopic (exact) mass is 640 g/mol. The van der Waals surface area contributed by atoms with Crippen LogP contribution in [0.4, 0.5) is 5.69 Å². The predicted molar refractivity (Wildman–Crippen MR) is 178 cm³/mol. The van der Waals surface area contributed by atoms with E-state index in [0.29, 0.717) is 34.4 Å². The fourth-order valence-electron chi connectivity index (χ4n) is 6.41. The van der Waals surface area contributed by atoms with Crippen molar-refractivity contribution in [2.45, 2.75) is 51.6 Å². The molecule has 0 spiro atoms. The fourth-order valence-corrected chi connectivity index (χ4v) is 7.42. The average Bonchev–Trinajstić information content (AvgIpc) is 3.73. The molecule has 0 radical (unpaired) electrons. The molecule has 1 N–H and O–H groups in total. The van der Waals surface area contributed by atoms with E-state index in [-0.39, 0.29) is 23.3 Å². The van der Waals surface area contributed by atoms with Gasteiger partial charge in [-0.25, -0.2) is 4.98 Å². The summed E-state index contributed by atoms with van der Waals surface area (Å²) in [6.45, 7) is 5.42. The normalized spacial score (nSPS) is 17.0. The minimum Gasteiger partial charge on any atom is -0.368 e. The van der Waals surface area contributed by atoms with Crippen molar-refractivity contribution in [2.24, 2.45) is 5.41 Å². The molecule has 10 heteroatoms. The highest BCUT2D eigenvalue weighted by molar-refractivity contribution is 7.17. The number of rotatable bonds is 8. The minimum atomic E-state index is -0.389. The number of hydrogen-bond donors (Lipinski definition) is 1. The van der Waals surface area contributed by atoms with Gasteiger partial charge in [0.25, 0.3) is 5.91 Å². The molecule has 1 saturated carbocycles. The molecule has 2 aromatic carbocycles. The summed E-state index contributed by atoms with van der Waals surface area (Å²) in [7, 11) is 0. The van der Waals surface area contributed by atoms with Gasteiger partial charge in [-0.3, -0.25) is 9.59 Å². The van der Waals surface area contributed by atoms with Crippen LogP contribution in [0.3, 0.4) is 0 Å². The Morgan fingerprint density at radius 1 is 1.00 bits per heavy atom. The van der Waals surface area contributed by atoms with Crippen molar-refractivity contribution in [1.29, 1.82) is 5.26 Å². The third-order valence-electron chi connectivity index (χ3n) is 9.20. The van der Waals surface area contributed by atoms with Crippen LogP contribution in [-0.4, -0.2) is 52.4 Å². The van der Waals surface area contributed by atoms with Crippen LogP contribution in [0.5, 0.6) is 0 Å². The van der Waals surface area contributed by atoms with Crippen LogP contribution in [0, 0.1) is 16.7 Å². The first-order valence-electron chi connectivity index (χ1n) is 15.5. The summed E-state index contributed by atoms with van der Waals surface area (Å²) >= 11 is 7.36. The van der Waals surface area contributed by atoms with Crippen molar-refractivity contribution < 1.29 is 9.59 Å². The SMILES string of the molecule is CC1(C(=O)NC(c2ccc(N3CCN(C(=O)c4ccc(Cl)s4)CC3)cc2)c2cncn2Cc2ccc(C#N)cc2)CCCCC1. The van der Waals surface area contributed by atoms with Crippen LogP contribution < -0.4 is 10.2 Å². The van der Waals surface area contributed by atoms with E-state index in [1.54, 1.807) is 18.5 Å². The zero-order chi connectivity index (χ0) is 31.4. The molecule has 1 atom stereocenters. The molecule has 2 aromatic heterocycles. The number of benzene rings is 2. The number of imidazole rings is 1. The molecule has 0 bridgehead atoms. The van der Waals surface area contributed by atoms with Gasteiger partial charge in [-0.05, 0) is 60.4 Å². The largest absolute Gasteiger partial charge is 0.368 e. The molecular weight excluding hydrogens is 604 g/mol. The maximum absolute atomic E-state index is 13.8. The van der Waals surface area contributed by atoms with Crippen molar-refractivity contribution in [3.8, 4) is 6.07 Å². The fraction of sp³-hybridized carbons (Fsp3) is 0.371. The van der Waals surface area contributed by atoms with Gasteiger partial charge in [0.1, 0.15) is 0 Å². The molecule has 2 amide bonds. The summed E-state index contributed by atoms with van der Waals surface area (Å²) in [5.74, 6) is 0.111. The van der Waals surface area contributed by atoms with Crippen LogP contribution in [0.15, 0.2) is 73.2 Å². The van der Waals surface area contributed by atoms with Gasteiger partial charge < -0.3 is 19.7 Å². The number of halogens is 1. The number of piperazine rings is 1. The molecule has 2 fully saturated rings. The molecule has 1 aliphatic heterocycles. The zero-order valence-corrected chi connectivity index (χ0v) is 27.0. The third kappa shape index (κ3) is 6.92. The molecule has 6 rings (SSSR count). The van der Waals surface area contributed by atoms with Crippen LogP contribution in [0.2, 0.25) is 4.34 Å². The number of aromatic nitrogens is 2. The lowest BCUT2D eigenvalue weighted by Crippen LogP contribution is -2.48. The molecule has 8 nitrogen and oxygen atoms in total. The Labute approximate surface area is 273 Å². The van der Waals surface area contributed by atoms with Gasteiger partial charge in [0.05, 0.1) is 45.1 Å². The topological polar surface area (TPSA) is 94.3 Å². The molecule has 3 heterocycles. The summed E-state index contributed by atoms with van der Waals surface area (Å²) in [6.07, 6.45) is 8.73. The van der Waals surface area contributed by atoms with Gasteiger partial charge in [-0.15, -0.1) is 11.3 Å². The summed E-state index contributed by atoms with van der Waals surface area (Å²) < 4.78 is 2.69. The van der Waals surface area contributed by atoms with Crippen molar-refractivity contribution in [3.63, 3.8) is 0 Å². The van der Waals surface area contributed by atoms with Gasteiger partial charge in [0.15, 0.2) is 0 Å². The molecule has 2 aliphatic rings. The van der Waals surface area contributed by atoms with Gasteiger partial charge in [-0.1, -0.05) is 62.1 Å². The summed E-state index contributed by atoms with van der Waals surface area (Å²) in [4.78, 5) is 36.1. The van der Waals surface area contributed by atoms with E-state index in [1.807, 2.05) is 35.4 Å². The molecule has 1 unspecified atom stereocenters. The van der Waals surface area contributed by atoms with Gasteiger partial charge in [0.2, 0.25) is 5.91 Å². The molecular formula is C35H37ClN6O2S. The second-order valence-corrected chi connectivity index (χ2v) is 14.0. The smallest absolute Gasteiger partial charge is 0.264 e. The number of nitriles is 1. The van der Waals surface area contributed by atoms with E-state index in [9.17, 15) is 14.9 Å². The summed E-state index contributed by atoms with van der Waals surface area (Å²) in [6, 6.07) is 21.3. The average molecular weight is 641 g/mol. The Balaban J connectivity index is 1.21. The first kappa shape index (κ1) is 30.9. The highest BCUT2D eigenvalue weighted by Gasteiger charge is 2.36. The van der Waals surface area contributed by atoms with Gasteiger partial charge >= 0.3 is 0 Å². The van der Waals surface area contributed by atoms with Crippen molar-refractivity contribution in [3.05, 3.63) is 105 Å². The van der Waals surface area contributed by atoms with Crippen LogP contribution in [0.25, 0.3) is 0 Å². The second-order valence-electron chi connectivity index (χ2n) is 12.3. The number of carbonyl (C=O) groups is 2. The number of nitrogens with one attached hydrogen (secondary N) is 1. The maximum atomic E-state index is 13.8. The van der Waals surface area contributed by atoms with Crippen molar-refractivity contribution >= 4 is 40.4 Å². The molecule has 1 aliphatic carbocycles. The summed E-state index contributed by atoms with van der Waals surface area (Å²) in [5.41, 5.74) is 4.25. The lowest BCUT2D eigenvalue weighted by Gasteiger charge is -2.36. The standard InChI is InChI=1S/C35H37ClN6O2S/c1-35(15-3-2-4-16-35)34(44)39-32(29-22-38-24-42(29)23-26-7-5-25(21-37)6-8-26)27-9-11-28(12-10-27)40-17-19-41(20-18-40)33(43)30-13-14-31(36)45-30/h5-14,22,24,32H,2-4,15-20,23H2,1H3,(H,39,44). The Morgan fingerprint density at radius 3 is 2.36 bits per heavy atom. The number of hydrogen-bond acceptors (Lipinski definition) is 6. The number of carbonyl (C=O) groups excluding carboxylic acids is 2. The Hall–Kier alpha value is -4.13. The van der Waals surface area contributed by atoms with Gasteiger partial charge in [-0.2, -0.15) is 5.26 Å². The second kappa shape index (κ2) is 13.5. The Kier molecular flexibility index (Phi) is 9.24. The zero-order valence-electron chi connectivity index (χ0n) is 25.4. The minimum absolute atomic E-state index is 0.0322. The quantitative estimate of drug-likeness (QED) is 0.233. The number of nitrogens with zero attached hydrogens (tertiary/aromatic N) is 5. The first-order valence-corrected chi connectivity index (χ1v) is 16.7.